The molecule has 108 valence electrons. The molecule has 3 heteroatoms. The van der Waals surface area contributed by atoms with Gasteiger partial charge in [-0.05, 0) is 18.1 Å². The molecule has 21 heavy (non-hydrogen) atoms. The van der Waals surface area contributed by atoms with E-state index in [0.29, 0.717) is 12.0 Å². The molecular weight excluding hydrogens is 264 g/mol. The van der Waals surface area contributed by atoms with E-state index in [0.717, 1.165) is 5.56 Å². The number of aliphatic hydroxyl groups excluding tert-OH is 1. The van der Waals surface area contributed by atoms with E-state index >= 15 is 0 Å². The first kappa shape index (κ1) is 14.9. The SMILES string of the molecule is CCOC(=O)/C(=C(\O)Cc1ccccc1)c1ccccc1. The number of ether oxygens (including phenoxy) is 1. The molecule has 2 aromatic rings. The van der Waals surface area contributed by atoms with Crippen LogP contribution in [0.4, 0.5) is 0 Å². The Morgan fingerprint density at radius 1 is 1.00 bits per heavy atom. The van der Waals surface area contributed by atoms with Crippen molar-refractivity contribution in [2.24, 2.45) is 0 Å². The zero-order chi connectivity index (χ0) is 15.1. The summed E-state index contributed by atoms with van der Waals surface area (Å²) < 4.78 is 5.06. The van der Waals surface area contributed by atoms with E-state index in [1.807, 2.05) is 48.5 Å². The van der Waals surface area contributed by atoms with Crippen LogP contribution in [0.25, 0.3) is 5.57 Å². The number of aliphatic hydroxyl groups is 1. The van der Waals surface area contributed by atoms with E-state index in [9.17, 15) is 9.90 Å². The molecule has 0 atom stereocenters. The minimum atomic E-state index is -0.503. The molecule has 0 radical (unpaired) electrons. The summed E-state index contributed by atoms with van der Waals surface area (Å²) in [6.07, 6.45) is 0.296. The van der Waals surface area contributed by atoms with Gasteiger partial charge in [0.2, 0.25) is 0 Å². The second kappa shape index (κ2) is 7.29. The van der Waals surface area contributed by atoms with E-state index in [1.54, 1.807) is 19.1 Å². The van der Waals surface area contributed by atoms with Gasteiger partial charge in [-0.3, -0.25) is 0 Å². The topological polar surface area (TPSA) is 46.5 Å². The highest BCUT2D eigenvalue weighted by molar-refractivity contribution is 6.17. The normalized spacial score (nSPS) is 11.7. The third kappa shape index (κ3) is 3.96. The number of allylic oxidation sites excluding steroid dienone is 1. The van der Waals surface area contributed by atoms with Crippen molar-refractivity contribution < 1.29 is 14.6 Å². The van der Waals surface area contributed by atoms with Crippen LogP contribution in [0.3, 0.4) is 0 Å². The monoisotopic (exact) mass is 282 g/mol. The summed E-state index contributed by atoms with van der Waals surface area (Å²) in [4.78, 5) is 12.1. The van der Waals surface area contributed by atoms with Gasteiger partial charge in [-0.2, -0.15) is 0 Å². The van der Waals surface area contributed by atoms with Gasteiger partial charge in [-0.15, -0.1) is 0 Å². The van der Waals surface area contributed by atoms with Crippen molar-refractivity contribution >= 4 is 11.5 Å². The molecule has 1 N–H and O–H groups in total. The fourth-order valence-electron chi connectivity index (χ4n) is 2.09. The Labute approximate surface area is 124 Å². The lowest BCUT2D eigenvalue weighted by Gasteiger charge is -2.10. The summed E-state index contributed by atoms with van der Waals surface area (Å²) in [5.74, 6) is -0.483. The average Bonchev–Trinajstić information content (AvgIpc) is 2.50. The Kier molecular flexibility index (Phi) is 5.16. The van der Waals surface area contributed by atoms with Gasteiger partial charge in [0.1, 0.15) is 11.3 Å². The summed E-state index contributed by atoms with van der Waals surface area (Å²) in [5, 5.41) is 10.4. The average molecular weight is 282 g/mol. The number of hydrogen-bond acceptors (Lipinski definition) is 3. The Hall–Kier alpha value is -2.55. The molecule has 0 aromatic heterocycles. The highest BCUT2D eigenvalue weighted by atomic mass is 16.5. The number of carbonyl (C=O) groups is 1. The number of rotatable bonds is 5. The molecular formula is C18H18O3. The second-order valence-corrected chi connectivity index (χ2v) is 4.57. The largest absolute Gasteiger partial charge is 0.511 e. The lowest BCUT2D eigenvalue weighted by molar-refractivity contribution is -0.136. The third-order valence-corrected chi connectivity index (χ3v) is 3.04. The smallest absolute Gasteiger partial charge is 0.342 e. The zero-order valence-electron chi connectivity index (χ0n) is 12.0. The van der Waals surface area contributed by atoms with Crippen LogP contribution < -0.4 is 0 Å². The summed E-state index contributed by atoms with van der Waals surface area (Å²) in [6.45, 7) is 2.02. The molecule has 0 saturated heterocycles. The first-order valence-corrected chi connectivity index (χ1v) is 6.91. The van der Waals surface area contributed by atoms with E-state index in [2.05, 4.69) is 0 Å². The van der Waals surface area contributed by atoms with Gasteiger partial charge in [0.15, 0.2) is 0 Å². The molecule has 0 heterocycles. The van der Waals surface area contributed by atoms with Crippen molar-refractivity contribution in [2.75, 3.05) is 6.61 Å². The van der Waals surface area contributed by atoms with Crippen LogP contribution in [0, 0.1) is 0 Å². The summed E-state index contributed by atoms with van der Waals surface area (Å²) in [6, 6.07) is 18.6. The Bertz CT molecular complexity index is 615. The van der Waals surface area contributed by atoms with Gasteiger partial charge in [-0.25, -0.2) is 4.79 Å². The van der Waals surface area contributed by atoms with Crippen molar-refractivity contribution in [3.63, 3.8) is 0 Å². The van der Waals surface area contributed by atoms with E-state index in [1.165, 1.54) is 0 Å². The van der Waals surface area contributed by atoms with Gasteiger partial charge in [0, 0.05) is 6.42 Å². The standard InChI is InChI=1S/C18H18O3/c1-2-21-18(20)17(15-11-7-4-8-12-15)16(19)13-14-9-5-3-6-10-14/h3-12,19H,2,13H2,1H3/b17-16-. The van der Waals surface area contributed by atoms with Crippen LogP contribution in [0.1, 0.15) is 18.1 Å². The Balaban J connectivity index is 2.38. The van der Waals surface area contributed by atoms with Gasteiger partial charge in [-0.1, -0.05) is 60.7 Å². The first-order chi connectivity index (χ1) is 10.2. The van der Waals surface area contributed by atoms with Crippen LogP contribution in [0.5, 0.6) is 0 Å². The van der Waals surface area contributed by atoms with Gasteiger partial charge in [0.05, 0.1) is 6.61 Å². The predicted molar refractivity (Wildman–Crippen MR) is 82.8 cm³/mol. The predicted octanol–water partition coefficient (Wildman–Crippen LogP) is 3.76. The summed E-state index contributed by atoms with van der Waals surface area (Å²) >= 11 is 0. The third-order valence-electron chi connectivity index (χ3n) is 3.04. The first-order valence-electron chi connectivity index (χ1n) is 6.91. The van der Waals surface area contributed by atoms with Crippen molar-refractivity contribution in [1.82, 2.24) is 0 Å². The van der Waals surface area contributed by atoms with E-state index in [-0.39, 0.29) is 17.9 Å². The van der Waals surface area contributed by atoms with Crippen molar-refractivity contribution in [2.45, 2.75) is 13.3 Å². The van der Waals surface area contributed by atoms with E-state index < -0.39 is 5.97 Å². The molecule has 0 aliphatic carbocycles. The molecule has 0 aliphatic heterocycles. The van der Waals surface area contributed by atoms with Gasteiger partial charge in [0.25, 0.3) is 0 Å². The van der Waals surface area contributed by atoms with Crippen molar-refractivity contribution in [3.8, 4) is 0 Å². The quantitative estimate of drug-likeness (QED) is 0.516. The molecule has 0 bridgehead atoms. The minimum absolute atomic E-state index is 0.0193. The van der Waals surface area contributed by atoms with Crippen molar-refractivity contribution in [3.05, 3.63) is 77.5 Å². The number of carbonyl (C=O) groups excluding carboxylic acids is 1. The van der Waals surface area contributed by atoms with Crippen LogP contribution in [-0.2, 0) is 16.0 Å². The highest BCUT2D eigenvalue weighted by Gasteiger charge is 2.18. The Morgan fingerprint density at radius 3 is 2.14 bits per heavy atom. The lowest BCUT2D eigenvalue weighted by Crippen LogP contribution is -2.10. The molecule has 0 aliphatic rings. The molecule has 0 unspecified atom stereocenters. The lowest BCUT2D eigenvalue weighted by atomic mass is 10.0. The molecule has 0 fully saturated rings. The maximum absolute atomic E-state index is 12.1. The summed E-state index contributed by atoms with van der Waals surface area (Å²) in [5.41, 5.74) is 1.82. The summed E-state index contributed by atoms with van der Waals surface area (Å²) in [7, 11) is 0. The highest BCUT2D eigenvalue weighted by Crippen LogP contribution is 2.21. The van der Waals surface area contributed by atoms with Crippen molar-refractivity contribution in [1.29, 1.82) is 0 Å². The Morgan fingerprint density at radius 2 is 1.57 bits per heavy atom. The van der Waals surface area contributed by atoms with Crippen LogP contribution in [-0.4, -0.2) is 17.7 Å². The second-order valence-electron chi connectivity index (χ2n) is 4.57. The maximum atomic E-state index is 12.1. The molecule has 2 aromatic carbocycles. The van der Waals surface area contributed by atoms with Crippen LogP contribution in [0.15, 0.2) is 66.4 Å². The molecule has 0 spiro atoms. The van der Waals surface area contributed by atoms with Crippen LogP contribution in [0.2, 0.25) is 0 Å². The number of benzene rings is 2. The van der Waals surface area contributed by atoms with E-state index in [4.69, 9.17) is 4.74 Å². The fraction of sp³-hybridized carbons (Fsp3) is 0.167. The molecule has 3 nitrogen and oxygen atoms in total. The van der Waals surface area contributed by atoms with Gasteiger partial charge >= 0.3 is 5.97 Å². The minimum Gasteiger partial charge on any atom is -0.511 e. The number of hydrogen-bond donors (Lipinski definition) is 1. The molecule has 2 rings (SSSR count). The number of esters is 1. The fourth-order valence-corrected chi connectivity index (χ4v) is 2.09. The van der Waals surface area contributed by atoms with Crippen LogP contribution >= 0.6 is 0 Å². The molecule has 0 amide bonds. The molecule has 0 saturated carbocycles. The maximum Gasteiger partial charge on any atom is 0.342 e. The zero-order valence-corrected chi connectivity index (χ0v) is 12.0. The van der Waals surface area contributed by atoms with Gasteiger partial charge < -0.3 is 9.84 Å².